The molecule has 0 aromatic heterocycles. The van der Waals surface area contributed by atoms with Crippen molar-refractivity contribution in [3.63, 3.8) is 0 Å². The Morgan fingerprint density at radius 2 is 2.23 bits per heavy atom. The average Bonchev–Trinajstić information content (AvgIpc) is 2.04. The predicted molar refractivity (Wildman–Crippen MR) is 53.3 cm³/mol. The Labute approximate surface area is 80.2 Å². The summed E-state index contributed by atoms with van der Waals surface area (Å²) in [7, 11) is 0. The molecule has 76 valence electrons. The van der Waals surface area contributed by atoms with Crippen LogP contribution in [0, 0.1) is 0 Å². The van der Waals surface area contributed by atoms with Crippen LogP contribution < -0.4 is 5.32 Å². The first-order valence-electron chi connectivity index (χ1n) is 4.69. The topological polar surface area (TPSA) is 38.3 Å². The molecule has 3 heteroatoms. The van der Waals surface area contributed by atoms with E-state index < -0.39 is 0 Å². The van der Waals surface area contributed by atoms with Crippen molar-refractivity contribution in [1.29, 1.82) is 0 Å². The standard InChI is InChI=1S/C10H19NO2/c1-5-7-8(3)11-9(4)13-10(12)6-2/h6,8-9,11H,2,5,7H2,1,3-4H3. The van der Waals surface area contributed by atoms with Crippen molar-refractivity contribution >= 4 is 5.97 Å². The van der Waals surface area contributed by atoms with Gasteiger partial charge in [0.1, 0.15) is 0 Å². The Morgan fingerprint density at radius 1 is 1.62 bits per heavy atom. The molecule has 0 saturated carbocycles. The zero-order valence-corrected chi connectivity index (χ0v) is 8.67. The first-order valence-corrected chi connectivity index (χ1v) is 4.69. The Balaban J connectivity index is 3.66. The molecule has 1 N–H and O–H groups in total. The fourth-order valence-corrected chi connectivity index (χ4v) is 1.17. The second kappa shape index (κ2) is 6.66. The molecule has 0 heterocycles. The van der Waals surface area contributed by atoms with Crippen molar-refractivity contribution in [3.05, 3.63) is 12.7 Å². The van der Waals surface area contributed by atoms with Crippen molar-refractivity contribution in [3.8, 4) is 0 Å². The lowest BCUT2D eigenvalue weighted by Gasteiger charge is -2.18. The van der Waals surface area contributed by atoms with Gasteiger partial charge in [0.25, 0.3) is 0 Å². The molecule has 0 bridgehead atoms. The van der Waals surface area contributed by atoms with Crippen LogP contribution in [0.3, 0.4) is 0 Å². The minimum atomic E-state index is -0.385. The summed E-state index contributed by atoms with van der Waals surface area (Å²) < 4.78 is 4.95. The molecule has 0 amide bonds. The summed E-state index contributed by atoms with van der Waals surface area (Å²) in [6.45, 7) is 9.33. The molecule has 0 saturated heterocycles. The zero-order valence-electron chi connectivity index (χ0n) is 8.67. The SMILES string of the molecule is C=CC(=O)OC(C)NC(C)CCC. The molecule has 0 aliphatic rings. The molecular weight excluding hydrogens is 166 g/mol. The van der Waals surface area contributed by atoms with E-state index in [1.165, 1.54) is 6.08 Å². The highest BCUT2D eigenvalue weighted by molar-refractivity contribution is 5.81. The molecule has 0 aliphatic heterocycles. The monoisotopic (exact) mass is 185 g/mol. The van der Waals surface area contributed by atoms with Gasteiger partial charge in [0.2, 0.25) is 0 Å². The second-order valence-electron chi connectivity index (χ2n) is 3.14. The zero-order chi connectivity index (χ0) is 10.3. The molecule has 0 aromatic rings. The van der Waals surface area contributed by atoms with Gasteiger partial charge in [-0.05, 0) is 20.3 Å². The van der Waals surface area contributed by atoms with Gasteiger partial charge >= 0.3 is 5.97 Å². The minimum Gasteiger partial charge on any atom is -0.444 e. The van der Waals surface area contributed by atoms with E-state index in [4.69, 9.17) is 4.74 Å². The summed E-state index contributed by atoms with van der Waals surface area (Å²) in [5.74, 6) is -0.385. The number of carbonyl (C=O) groups excluding carboxylic acids is 1. The largest absolute Gasteiger partial charge is 0.444 e. The molecule has 0 radical (unpaired) electrons. The number of ether oxygens (including phenoxy) is 1. The maximum atomic E-state index is 10.8. The summed E-state index contributed by atoms with van der Waals surface area (Å²) in [4.78, 5) is 10.8. The van der Waals surface area contributed by atoms with E-state index in [2.05, 4.69) is 25.7 Å². The van der Waals surface area contributed by atoms with Crippen LogP contribution in [0.25, 0.3) is 0 Å². The summed E-state index contributed by atoms with van der Waals surface area (Å²) in [6, 6.07) is 0.373. The van der Waals surface area contributed by atoms with E-state index >= 15 is 0 Å². The normalized spacial score (nSPS) is 14.7. The van der Waals surface area contributed by atoms with Gasteiger partial charge in [0.05, 0.1) is 0 Å². The fraction of sp³-hybridized carbons (Fsp3) is 0.700. The molecule has 13 heavy (non-hydrogen) atoms. The molecule has 0 aliphatic carbocycles. The maximum absolute atomic E-state index is 10.8. The van der Waals surface area contributed by atoms with E-state index in [0.29, 0.717) is 6.04 Å². The van der Waals surface area contributed by atoms with Gasteiger partial charge < -0.3 is 4.74 Å². The summed E-state index contributed by atoms with van der Waals surface area (Å²) in [6.07, 6.45) is 3.13. The molecule has 3 nitrogen and oxygen atoms in total. The van der Waals surface area contributed by atoms with Crippen molar-refractivity contribution in [2.75, 3.05) is 0 Å². The molecular formula is C10H19NO2. The first-order chi connectivity index (χ1) is 6.10. The lowest BCUT2D eigenvalue weighted by atomic mass is 10.2. The van der Waals surface area contributed by atoms with Gasteiger partial charge in [0, 0.05) is 12.1 Å². The molecule has 2 unspecified atom stereocenters. The van der Waals surface area contributed by atoms with Crippen molar-refractivity contribution in [2.45, 2.75) is 45.9 Å². The lowest BCUT2D eigenvalue weighted by Crippen LogP contribution is -2.37. The van der Waals surface area contributed by atoms with Crippen LogP contribution in [-0.4, -0.2) is 18.2 Å². The number of hydrogen-bond acceptors (Lipinski definition) is 3. The van der Waals surface area contributed by atoms with Crippen LogP contribution in [0.15, 0.2) is 12.7 Å². The number of carbonyl (C=O) groups is 1. The Hall–Kier alpha value is -0.830. The number of nitrogens with one attached hydrogen (secondary N) is 1. The third kappa shape index (κ3) is 6.34. The van der Waals surface area contributed by atoms with Crippen molar-refractivity contribution in [1.82, 2.24) is 5.32 Å². The highest BCUT2D eigenvalue weighted by Crippen LogP contribution is 1.98. The smallest absolute Gasteiger partial charge is 0.331 e. The van der Waals surface area contributed by atoms with Gasteiger partial charge in [-0.25, -0.2) is 4.79 Å². The molecule has 0 fully saturated rings. The fourth-order valence-electron chi connectivity index (χ4n) is 1.17. The van der Waals surface area contributed by atoms with E-state index in [-0.39, 0.29) is 12.2 Å². The highest BCUT2D eigenvalue weighted by atomic mass is 16.6. The average molecular weight is 185 g/mol. The van der Waals surface area contributed by atoms with E-state index in [1.54, 1.807) is 0 Å². The number of rotatable bonds is 6. The molecule has 2 atom stereocenters. The quantitative estimate of drug-likeness (QED) is 0.390. The number of hydrogen-bond donors (Lipinski definition) is 1. The Morgan fingerprint density at radius 3 is 2.69 bits per heavy atom. The van der Waals surface area contributed by atoms with Crippen LogP contribution in [0.2, 0.25) is 0 Å². The number of esters is 1. The summed E-state index contributed by atoms with van der Waals surface area (Å²) in [5.41, 5.74) is 0. The molecule has 0 spiro atoms. The second-order valence-corrected chi connectivity index (χ2v) is 3.14. The lowest BCUT2D eigenvalue weighted by molar-refractivity contribution is -0.143. The van der Waals surface area contributed by atoms with Crippen LogP contribution >= 0.6 is 0 Å². The highest BCUT2D eigenvalue weighted by Gasteiger charge is 2.08. The van der Waals surface area contributed by atoms with Gasteiger partial charge in [-0.3, -0.25) is 5.32 Å². The molecule has 0 aromatic carbocycles. The minimum absolute atomic E-state index is 0.243. The van der Waals surface area contributed by atoms with Crippen molar-refractivity contribution < 1.29 is 9.53 Å². The van der Waals surface area contributed by atoms with Gasteiger partial charge in [0.15, 0.2) is 6.23 Å². The van der Waals surface area contributed by atoms with E-state index in [1.807, 2.05) is 6.92 Å². The third-order valence-electron chi connectivity index (χ3n) is 1.70. The first kappa shape index (κ1) is 12.2. The van der Waals surface area contributed by atoms with Crippen LogP contribution in [-0.2, 0) is 9.53 Å². The van der Waals surface area contributed by atoms with Crippen LogP contribution in [0.1, 0.15) is 33.6 Å². The third-order valence-corrected chi connectivity index (χ3v) is 1.70. The summed E-state index contributed by atoms with van der Waals surface area (Å²) in [5, 5.41) is 3.16. The molecule has 0 rings (SSSR count). The predicted octanol–water partition coefficient (Wildman–Crippen LogP) is 1.84. The van der Waals surface area contributed by atoms with Gasteiger partial charge in [-0.1, -0.05) is 19.9 Å². The Bertz CT molecular complexity index is 168. The maximum Gasteiger partial charge on any atom is 0.331 e. The summed E-state index contributed by atoms with van der Waals surface area (Å²) >= 11 is 0. The van der Waals surface area contributed by atoms with E-state index in [9.17, 15) is 4.79 Å². The van der Waals surface area contributed by atoms with Crippen LogP contribution in [0.5, 0.6) is 0 Å². The Kier molecular flexibility index (Phi) is 6.24. The van der Waals surface area contributed by atoms with Gasteiger partial charge in [-0.15, -0.1) is 0 Å². The van der Waals surface area contributed by atoms with E-state index in [0.717, 1.165) is 12.8 Å². The van der Waals surface area contributed by atoms with Gasteiger partial charge in [-0.2, -0.15) is 0 Å². The van der Waals surface area contributed by atoms with Crippen molar-refractivity contribution in [2.24, 2.45) is 0 Å². The van der Waals surface area contributed by atoms with Crippen LogP contribution in [0.4, 0.5) is 0 Å².